The van der Waals surface area contributed by atoms with Crippen LogP contribution >= 0.6 is 11.8 Å². The number of benzene rings is 2. The van der Waals surface area contributed by atoms with Gasteiger partial charge in [-0.05, 0) is 49.9 Å². The molecule has 7 heteroatoms. The third-order valence-corrected chi connectivity index (χ3v) is 6.48. The number of carbonyl (C=O) groups excluding carboxylic acids is 1. The van der Waals surface area contributed by atoms with Gasteiger partial charge in [0.2, 0.25) is 5.91 Å². The van der Waals surface area contributed by atoms with Crippen LogP contribution in [0.4, 0.5) is 5.69 Å². The fraction of sp³-hybridized carbons (Fsp3) is 0.318. The number of nitrogens with zero attached hydrogens (tertiary/aromatic N) is 3. The molecule has 0 atom stereocenters. The number of hydrogen-bond acceptors (Lipinski definition) is 5. The van der Waals surface area contributed by atoms with Gasteiger partial charge in [0.05, 0.1) is 5.75 Å². The van der Waals surface area contributed by atoms with E-state index >= 15 is 0 Å². The Morgan fingerprint density at radius 2 is 1.90 bits per heavy atom. The van der Waals surface area contributed by atoms with Gasteiger partial charge in [0.1, 0.15) is 17.0 Å². The first kappa shape index (κ1) is 17.1. The van der Waals surface area contributed by atoms with Crippen molar-refractivity contribution in [1.82, 2.24) is 14.8 Å². The Labute approximate surface area is 171 Å². The molecule has 0 spiro atoms. The largest absolute Gasteiger partial charge is 0.456 e. The van der Waals surface area contributed by atoms with E-state index in [1.807, 2.05) is 42.5 Å². The van der Waals surface area contributed by atoms with Crippen molar-refractivity contribution in [3.8, 4) is 0 Å². The van der Waals surface area contributed by atoms with Crippen LogP contribution in [0, 0.1) is 0 Å². The molecule has 2 aromatic carbocycles. The Morgan fingerprint density at radius 3 is 2.72 bits per heavy atom. The van der Waals surface area contributed by atoms with E-state index in [0.29, 0.717) is 17.7 Å². The average molecular weight is 404 g/mol. The first-order chi connectivity index (χ1) is 14.3. The van der Waals surface area contributed by atoms with Gasteiger partial charge in [0.25, 0.3) is 0 Å². The van der Waals surface area contributed by atoms with Gasteiger partial charge in [-0.2, -0.15) is 0 Å². The third-order valence-electron chi connectivity index (χ3n) is 5.54. The molecule has 2 aliphatic rings. The Kier molecular flexibility index (Phi) is 3.90. The highest BCUT2D eigenvalue weighted by molar-refractivity contribution is 7.99. The Balaban J connectivity index is 1.18. The van der Waals surface area contributed by atoms with E-state index in [2.05, 4.69) is 20.1 Å². The number of furan rings is 1. The first-order valence-corrected chi connectivity index (χ1v) is 11.0. The molecule has 2 aliphatic carbocycles. The summed E-state index contributed by atoms with van der Waals surface area (Å²) >= 11 is 1.48. The van der Waals surface area contributed by atoms with Crippen LogP contribution < -0.4 is 5.32 Å². The van der Waals surface area contributed by atoms with Crippen molar-refractivity contribution >= 4 is 45.3 Å². The van der Waals surface area contributed by atoms with Gasteiger partial charge < -0.3 is 14.3 Å². The number of nitrogens with one attached hydrogen (secondary N) is 1. The number of carbonyl (C=O) groups is 1. The van der Waals surface area contributed by atoms with Crippen LogP contribution in [0.2, 0.25) is 0 Å². The second kappa shape index (κ2) is 6.62. The maximum atomic E-state index is 12.6. The van der Waals surface area contributed by atoms with Crippen LogP contribution in [0.3, 0.4) is 0 Å². The Hall–Kier alpha value is -2.80. The molecule has 2 fully saturated rings. The Bertz CT molecular complexity index is 1240. The molecule has 2 aromatic heterocycles. The molecule has 1 amide bonds. The smallest absolute Gasteiger partial charge is 0.234 e. The zero-order valence-electron chi connectivity index (χ0n) is 15.8. The van der Waals surface area contributed by atoms with Crippen molar-refractivity contribution in [1.29, 1.82) is 0 Å². The lowest BCUT2D eigenvalue weighted by atomic mass is 10.1. The van der Waals surface area contributed by atoms with Gasteiger partial charge in [-0.3, -0.25) is 4.79 Å². The summed E-state index contributed by atoms with van der Waals surface area (Å²) in [4.78, 5) is 12.6. The Morgan fingerprint density at radius 1 is 1.07 bits per heavy atom. The number of hydrogen-bond donors (Lipinski definition) is 1. The molecule has 2 heterocycles. The molecule has 1 N–H and O–H groups in total. The molecule has 0 unspecified atom stereocenters. The monoisotopic (exact) mass is 404 g/mol. The lowest BCUT2D eigenvalue weighted by Gasteiger charge is -2.08. The van der Waals surface area contributed by atoms with Gasteiger partial charge in [-0.15, -0.1) is 10.2 Å². The summed E-state index contributed by atoms with van der Waals surface area (Å²) in [7, 11) is 0. The topological polar surface area (TPSA) is 73.0 Å². The predicted molar refractivity (Wildman–Crippen MR) is 113 cm³/mol. The number of fused-ring (bicyclic) bond motifs is 3. The molecular weight excluding hydrogens is 384 g/mol. The van der Waals surface area contributed by atoms with Crippen LogP contribution in [-0.4, -0.2) is 26.4 Å². The van der Waals surface area contributed by atoms with Crippen molar-refractivity contribution < 1.29 is 9.21 Å². The van der Waals surface area contributed by atoms with Crippen molar-refractivity contribution in [2.24, 2.45) is 0 Å². The number of thioether (sulfide) groups is 1. The number of aromatic nitrogens is 3. The van der Waals surface area contributed by atoms with Gasteiger partial charge in [-0.1, -0.05) is 30.0 Å². The van der Waals surface area contributed by atoms with Crippen LogP contribution in [0.1, 0.15) is 43.5 Å². The van der Waals surface area contributed by atoms with E-state index in [1.165, 1.54) is 37.4 Å². The maximum absolute atomic E-state index is 12.6. The van der Waals surface area contributed by atoms with Crippen LogP contribution in [-0.2, 0) is 4.79 Å². The lowest BCUT2D eigenvalue weighted by molar-refractivity contribution is -0.113. The van der Waals surface area contributed by atoms with E-state index in [-0.39, 0.29) is 5.91 Å². The molecule has 2 saturated carbocycles. The van der Waals surface area contributed by atoms with E-state index < -0.39 is 0 Å². The van der Waals surface area contributed by atoms with Gasteiger partial charge in [0.15, 0.2) is 5.16 Å². The van der Waals surface area contributed by atoms with E-state index in [0.717, 1.165) is 38.6 Å². The summed E-state index contributed by atoms with van der Waals surface area (Å²) in [5, 5.41) is 14.7. The number of amides is 1. The van der Waals surface area contributed by atoms with Crippen molar-refractivity contribution in [3.05, 3.63) is 48.3 Å². The maximum Gasteiger partial charge on any atom is 0.234 e. The molecule has 4 aromatic rings. The highest BCUT2D eigenvalue weighted by Crippen LogP contribution is 2.46. The van der Waals surface area contributed by atoms with Crippen LogP contribution in [0.25, 0.3) is 21.9 Å². The van der Waals surface area contributed by atoms with Crippen LogP contribution in [0.5, 0.6) is 0 Å². The van der Waals surface area contributed by atoms with E-state index in [1.54, 1.807) is 0 Å². The van der Waals surface area contributed by atoms with Gasteiger partial charge in [0, 0.05) is 28.4 Å². The molecule has 0 saturated heterocycles. The summed E-state index contributed by atoms with van der Waals surface area (Å²) in [6.45, 7) is 0. The zero-order chi connectivity index (χ0) is 19.4. The summed E-state index contributed by atoms with van der Waals surface area (Å²) in [6, 6.07) is 14.2. The molecule has 6 rings (SSSR count). The normalized spacial score (nSPS) is 16.6. The van der Waals surface area contributed by atoms with Crippen molar-refractivity contribution in [2.75, 3.05) is 11.1 Å². The van der Waals surface area contributed by atoms with Gasteiger partial charge >= 0.3 is 0 Å². The number of rotatable bonds is 6. The van der Waals surface area contributed by atoms with Gasteiger partial charge in [-0.25, -0.2) is 0 Å². The molecule has 6 nitrogen and oxygen atoms in total. The summed E-state index contributed by atoms with van der Waals surface area (Å²) in [5.41, 5.74) is 2.45. The highest BCUT2D eigenvalue weighted by atomic mass is 32.2. The summed E-state index contributed by atoms with van der Waals surface area (Å²) < 4.78 is 8.13. The number of para-hydroxylation sites is 1. The van der Waals surface area contributed by atoms with Crippen molar-refractivity contribution in [3.63, 3.8) is 0 Å². The third kappa shape index (κ3) is 3.19. The van der Waals surface area contributed by atoms with Crippen LogP contribution in [0.15, 0.2) is 52.0 Å². The molecule has 0 bridgehead atoms. The standard InChI is InChI=1S/C22H20N4O2S/c27-20(12-29-22-25-24-21(13-5-6-13)26(22)15-8-9-15)23-14-7-10-19-17(11-14)16-3-1-2-4-18(16)28-19/h1-4,7,10-11,13,15H,5-6,8-9,12H2,(H,23,27). The van der Waals surface area contributed by atoms with Crippen molar-refractivity contribution in [2.45, 2.75) is 42.8 Å². The quantitative estimate of drug-likeness (QED) is 0.452. The second-order valence-corrected chi connectivity index (χ2v) is 8.80. The fourth-order valence-corrected chi connectivity index (χ4v) is 4.63. The lowest BCUT2D eigenvalue weighted by Crippen LogP contribution is -2.14. The van der Waals surface area contributed by atoms with E-state index in [4.69, 9.17) is 4.42 Å². The molecule has 146 valence electrons. The minimum absolute atomic E-state index is 0.0412. The fourth-order valence-electron chi connectivity index (χ4n) is 3.81. The average Bonchev–Trinajstić information content (AvgIpc) is 3.67. The van der Waals surface area contributed by atoms with E-state index in [9.17, 15) is 4.79 Å². The first-order valence-electron chi connectivity index (χ1n) is 10.0. The minimum Gasteiger partial charge on any atom is -0.456 e. The zero-order valence-corrected chi connectivity index (χ0v) is 16.6. The molecule has 0 radical (unpaired) electrons. The minimum atomic E-state index is -0.0412. The second-order valence-electron chi connectivity index (χ2n) is 7.86. The summed E-state index contributed by atoms with van der Waals surface area (Å²) in [5.74, 6) is 1.97. The highest BCUT2D eigenvalue weighted by Gasteiger charge is 2.36. The molecular formula is C22H20N4O2S. The summed E-state index contributed by atoms with van der Waals surface area (Å²) in [6.07, 6.45) is 4.80. The molecule has 0 aliphatic heterocycles. The number of anilines is 1. The SMILES string of the molecule is O=C(CSc1nnc(C2CC2)n1C1CC1)Nc1ccc2oc3ccccc3c2c1. The predicted octanol–water partition coefficient (Wildman–Crippen LogP) is 5.12. The molecule has 29 heavy (non-hydrogen) atoms.